The minimum absolute atomic E-state index is 0.334. The highest BCUT2D eigenvalue weighted by Crippen LogP contribution is 2.38. The van der Waals surface area contributed by atoms with Crippen LogP contribution in [0.4, 0.5) is 0 Å². The molecule has 2 rings (SSSR count). The number of nitrogens with two attached hydrogens (primary N) is 1. The maximum Gasteiger partial charge on any atom is 0.227 e. The molecule has 0 bridgehead atoms. The number of ether oxygens (including phenoxy) is 1. The third-order valence-electron chi connectivity index (χ3n) is 4.13. The highest BCUT2D eigenvalue weighted by Gasteiger charge is 2.38. The van der Waals surface area contributed by atoms with Crippen LogP contribution in [0, 0.1) is 5.92 Å². The summed E-state index contributed by atoms with van der Waals surface area (Å²) in [6, 6.07) is 0. The van der Waals surface area contributed by atoms with Crippen LogP contribution in [0.1, 0.15) is 64.1 Å². The molecule has 20 heavy (non-hydrogen) atoms. The third kappa shape index (κ3) is 3.58. The lowest BCUT2D eigenvalue weighted by molar-refractivity contribution is -0.0636. The molecule has 1 unspecified atom stereocenters. The van der Waals surface area contributed by atoms with Gasteiger partial charge >= 0.3 is 0 Å². The van der Waals surface area contributed by atoms with Gasteiger partial charge in [0.25, 0.3) is 0 Å². The Bertz CT molecular complexity index is 398. The quantitative estimate of drug-likeness (QED) is 0.812. The van der Waals surface area contributed by atoms with Gasteiger partial charge in [-0.05, 0) is 32.2 Å². The molecule has 0 amide bonds. The Balaban J connectivity index is 2.16. The van der Waals surface area contributed by atoms with Gasteiger partial charge in [-0.25, -0.2) is 0 Å². The van der Waals surface area contributed by atoms with Crippen molar-refractivity contribution in [3.05, 3.63) is 11.7 Å². The second-order valence-corrected chi connectivity index (χ2v) is 5.90. The van der Waals surface area contributed by atoms with Gasteiger partial charge in [-0.2, -0.15) is 4.98 Å². The first-order valence-electron chi connectivity index (χ1n) is 7.87. The maximum absolute atomic E-state index is 6.07. The van der Waals surface area contributed by atoms with E-state index < -0.39 is 0 Å². The van der Waals surface area contributed by atoms with E-state index in [1.54, 1.807) is 0 Å². The molecule has 0 saturated heterocycles. The molecular formula is C15H27N3O2. The molecule has 2 N–H and O–H groups in total. The summed E-state index contributed by atoms with van der Waals surface area (Å²) >= 11 is 0. The van der Waals surface area contributed by atoms with E-state index in [2.05, 4.69) is 17.1 Å². The van der Waals surface area contributed by atoms with Crippen molar-refractivity contribution >= 4 is 0 Å². The minimum atomic E-state index is -0.334. The lowest BCUT2D eigenvalue weighted by Crippen LogP contribution is -2.30. The molecule has 0 aromatic carbocycles. The summed E-state index contributed by atoms with van der Waals surface area (Å²) in [5.41, 5.74) is 5.31. The molecule has 1 aromatic rings. The molecule has 5 nitrogen and oxygen atoms in total. The predicted octanol–water partition coefficient (Wildman–Crippen LogP) is 2.79. The van der Waals surface area contributed by atoms with Gasteiger partial charge in [-0.15, -0.1) is 0 Å². The summed E-state index contributed by atoms with van der Waals surface area (Å²) in [6.07, 6.45) is 7.60. The molecule has 1 saturated carbocycles. The Morgan fingerprint density at radius 3 is 2.60 bits per heavy atom. The number of aromatic nitrogens is 2. The van der Waals surface area contributed by atoms with E-state index in [9.17, 15) is 0 Å². The second-order valence-electron chi connectivity index (χ2n) is 5.90. The standard InChI is InChI=1S/C15H27N3O2/c1-3-19-15(8-6-4-5-7-9-15)14-17-13(20-18-14)10-12(2)11-16/h12H,3-11,16H2,1-2H3. The maximum atomic E-state index is 6.07. The first-order chi connectivity index (χ1) is 9.70. The van der Waals surface area contributed by atoms with Gasteiger partial charge in [-0.3, -0.25) is 0 Å². The van der Waals surface area contributed by atoms with Crippen molar-refractivity contribution in [1.82, 2.24) is 10.1 Å². The van der Waals surface area contributed by atoms with Crippen LogP contribution in [0.15, 0.2) is 4.52 Å². The van der Waals surface area contributed by atoms with E-state index in [0.29, 0.717) is 25.0 Å². The van der Waals surface area contributed by atoms with Crippen molar-refractivity contribution in [3.63, 3.8) is 0 Å². The van der Waals surface area contributed by atoms with E-state index in [-0.39, 0.29) is 5.60 Å². The van der Waals surface area contributed by atoms with E-state index in [0.717, 1.165) is 25.1 Å². The highest BCUT2D eigenvalue weighted by molar-refractivity contribution is 5.03. The largest absolute Gasteiger partial charge is 0.367 e. The smallest absolute Gasteiger partial charge is 0.227 e. The number of nitrogens with zero attached hydrogens (tertiary/aromatic N) is 2. The molecule has 1 aliphatic rings. The van der Waals surface area contributed by atoms with Crippen LogP contribution < -0.4 is 5.73 Å². The fourth-order valence-corrected chi connectivity index (χ4v) is 2.91. The zero-order chi connectivity index (χ0) is 14.4. The first-order valence-corrected chi connectivity index (χ1v) is 7.87. The van der Waals surface area contributed by atoms with Crippen molar-refractivity contribution in [2.45, 2.75) is 64.4 Å². The molecular weight excluding hydrogens is 254 g/mol. The summed E-state index contributed by atoms with van der Waals surface area (Å²) in [4.78, 5) is 4.60. The monoisotopic (exact) mass is 281 g/mol. The zero-order valence-corrected chi connectivity index (χ0v) is 12.7. The average molecular weight is 281 g/mol. The summed E-state index contributed by atoms with van der Waals surface area (Å²) in [5, 5.41) is 4.21. The highest BCUT2D eigenvalue weighted by atomic mass is 16.5. The Morgan fingerprint density at radius 1 is 1.30 bits per heavy atom. The Labute approximate surface area is 121 Å². The Kier molecular flexibility index (Phi) is 5.54. The Morgan fingerprint density at radius 2 is 2.00 bits per heavy atom. The Hall–Kier alpha value is -0.940. The molecule has 1 atom stereocenters. The van der Waals surface area contributed by atoms with Crippen molar-refractivity contribution in [1.29, 1.82) is 0 Å². The van der Waals surface area contributed by atoms with Crippen LogP contribution in [-0.2, 0) is 16.8 Å². The van der Waals surface area contributed by atoms with Gasteiger partial charge in [0.1, 0.15) is 5.60 Å². The van der Waals surface area contributed by atoms with E-state index in [1.165, 1.54) is 25.7 Å². The second kappa shape index (κ2) is 7.18. The fraction of sp³-hybridized carbons (Fsp3) is 0.867. The van der Waals surface area contributed by atoms with Crippen LogP contribution >= 0.6 is 0 Å². The van der Waals surface area contributed by atoms with E-state index in [1.807, 2.05) is 6.92 Å². The summed E-state index contributed by atoms with van der Waals surface area (Å²) in [6.45, 7) is 5.44. The fourth-order valence-electron chi connectivity index (χ4n) is 2.91. The molecule has 1 heterocycles. The molecule has 114 valence electrons. The van der Waals surface area contributed by atoms with E-state index in [4.69, 9.17) is 15.0 Å². The minimum Gasteiger partial charge on any atom is -0.367 e. The van der Waals surface area contributed by atoms with Crippen LogP contribution in [0.25, 0.3) is 0 Å². The number of hydrogen-bond acceptors (Lipinski definition) is 5. The van der Waals surface area contributed by atoms with Crippen molar-refractivity contribution in [2.75, 3.05) is 13.2 Å². The van der Waals surface area contributed by atoms with Gasteiger partial charge < -0.3 is 15.0 Å². The average Bonchev–Trinajstić information content (AvgIpc) is 2.78. The van der Waals surface area contributed by atoms with Gasteiger partial charge in [-0.1, -0.05) is 37.8 Å². The lowest BCUT2D eigenvalue weighted by Gasteiger charge is -2.29. The third-order valence-corrected chi connectivity index (χ3v) is 4.13. The van der Waals surface area contributed by atoms with Gasteiger partial charge in [0.05, 0.1) is 0 Å². The molecule has 1 aromatic heterocycles. The first kappa shape index (κ1) is 15.4. The van der Waals surface area contributed by atoms with Gasteiger partial charge in [0.15, 0.2) is 0 Å². The van der Waals surface area contributed by atoms with Crippen LogP contribution in [0.2, 0.25) is 0 Å². The molecule has 5 heteroatoms. The summed E-state index contributed by atoms with van der Waals surface area (Å²) in [5.74, 6) is 1.78. The lowest BCUT2D eigenvalue weighted by atomic mass is 9.93. The van der Waals surface area contributed by atoms with Crippen LogP contribution in [0.3, 0.4) is 0 Å². The molecule has 1 aliphatic carbocycles. The normalized spacial score (nSPS) is 20.6. The van der Waals surface area contributed by atoms with Crippen LogP contribution in [0.5, 0.6) is 0 Å². The summed E-state index contributed by atoms with van der Waals surface area (Å²) in [7, 11) is 0. The topological polar surface area (TPSA) is 74.2 Å². The van der Waals surface area contributed by atoms with Crippen molar-refractivity contribution < 1.29 is 9.26 Å². The SMILES string of the molecule is CCOC1(c2noc(CC(C)CN)n2)CCCCCC1. The summed E-state index contributed by atoms with van der Waals surface area (Å²) < 4.78 is 11.5. The molecule has 1 fully saturated rings. The number of rotatable bonds is 6. The van der Waals surface area contributed by atoms with Crippen LogP contribution in [-0.4, -0.2) is 23.3 Å². The van der Waals surface area contributed by atoms with Gasteiger partial charge in [0, 0.05) is 13.0 Å². The number of hydrogen-bond donors (Lipinski definition) is 1. The predicted molar refractivity (Wildman–Crippen MR) is 77.2 cm³/mol. The molecule has 0 aliphatic heterocycles. The van der Waals surface area contributed by atoms with Crippen molar-refractivity contribution in [2.24, 2.45) is 11.7 Å². The van der Waals surface area contributed by atoms with Crippen molar-refractivity contribution in [3.8, 4) is 0 Å². The van der Waals surface area contributed by atoms with Gasteiger partial charge in [0.2, 0.25) is 11.7 Å². The molecule has 0 spiro atoms. The van der Waals surface area contributed by atoms with E-state index >= 15 is 0 Å². The molecule has 0 radical (unpaired) electrons. The zero-order valence-electron chi connectivity index (χ0n) is 12.7.